The molecule has 2 N–H and O–H groups in total. The Bertz CT molecular complexity index is 1180. The summed E-state index contributed by atoms with van der Waals surface area (Å²) in [5, 5.41) is 11.4. The lowest BCUT2D eigenvalue weighted by atomic mass is 10.2. The van der Waals surface area contributed by atoms with Gasteiger partial charge in [-0.15, -0.1) is 0 Å². The van der Waals surface area contributed by atoms with Gasteiger partial charge in [0, 0.05) is 63.8 Å². The molecule has 0 aliphatic carbocycles. The van der Waals surface area contributed by atoms with Gasteiger partial charge in [0.1, 0.15) is 5.60 Å². The fourth-order valence-electron chi connectivity index (χ4n) is 4.29. The number of ether oxygens (including phenoxy) is 3. The summed E-state index contributed by atoms with van der Waals surface area (Å²) in [6.45, 7) is 22.7. The third kappa shape index (κ3) is 19.5. The van der Waals surface area contributed by atoms with Crippen LogP contribution in [0, 0.1) is 5.41 Å². The molecule has 15 nitrogen and oxygen atoms in total. The maximum Gasteiger partial charge on any atom is 0.410 e. The number of nitrogens with zero attached hydrogens (tertiary/aromatic N) is 4. The monoisotopic (exact) mass is 692 g/mol. The van der Waals surface area contributed by atoms with Crippen LogP contribution < -0.4 is 5.32 Å². The van der Waals surface area contributed by atoms with E-state index in [0.717, 1.165) is 31.4 Å². The maximum atomic E-state index is 11.8. The van der Waals surface area contributed by atoms with Crippen LogP contribution in [0.25, 0.3) is 5.70 Å². The Morgan fingerprint density at radius 2 is 1.35 bits per heavy atom. The molecule has 49 heavy (non-hydrogen) atoms. The first-order chi connectivity index (χ1) is 23.1. The SMILES string of the molecule is CC(C)(C)ON(OC=O)C(=C=N)c1ccccc1.CCOC(=O)CN1CCN(C(=O)OC(C)(C)C)CC1.CCOC(=O)CN1CCNCC1. The van der Waals surface area contributed by atoms with Crippen LogP contribution >= 0.6 is 0 Å². The van der Waals surface area contributed by atoms with Gasteiger partial charge in [-0.05, 0) is 55.4 Å². The third-order valence-corrected chi connectivity index (χ3v) is 6.39. The molecule has 2 fully saturated rings. The lowest BCUT2D eigenvalue weighted by molar-refractivity contribution is -0.336. The van der Waals surface area contributed by atoms with Gasteiger partial charge >= 0.3 is 24.5 Å². The van der Waals surface area contributed by atoms with Gasteiger partial charge in [0.2, 0.25) is 0 Å². The van der Waals surface area contributed by atoms with E-state index in [-0.39, 0.29) is 36.7 Å². The predicted octanol–water partition coefficient (Wildman–Crippen LogP) is 2.95. The maximum absolute atomic E-state index is 11.8. The number of carbonyl (C=O) groups is 4. The van der Waals surface area contributed by atoms with E-state index in [0.29, 0.717) is 51.5 Å². The fourth-order valence-corrected chi connectivity index (χ4v) is 4.29. The minimum absolute atomic E-state index is 0.112. The van der Waals surface area contributed by atoms with E-state index >= 15 is 0 Å². The zero-order chi connectivity index (χ0) is 36.9. The highest BCUT2D eigenvalue weighted by atomic mass is 17.0. The zero-order valence-electron chi connectivity index (χ0n) is 30.4. The highest BCUT2D eigenvalue weighted by Gasteiger charge is 2.27. The van der Waals surface area contributed by atoms with E-state index in [1.54, 1.807) is 44.7 Å². The number of esters is 2. The molecule has 3 rings (SSSR count). The molecule has 0 bridgehead atoms. The summed E-state index contributed by atoms with van der Waals surface area (Å²) < 4.78 is 15.1. The molecule has 2 heterocycles. The van der Waals surface area contributed by atoms with Gasteiger partial charge in [0.05, 0.1) is 31.9 Å². The van der Waals surface area contributed by atoms with Gasteiger partial charge in [-0.2, -0.15) is 0 Å². The first-order valence-corrected chi connectivity index (χ1v) is 16.5. The number of piperazine rings is 2. The molecule has 2 aliphatic heterocycles. The molecule has 0 atom stereocenters. The van der Waals surface area contributed by atoms with Gasteiger partial charge in [0.25, 0.3) is 0 Å². The molecule has 0 radical (unpaired) electrons. The van der Waals surface area contributed by atoms with Crippen LogP contribution in [0.2, 0.25) is 0 Å². The number of benzene rings is 1. The summed E-state index contributed by atoms with van der Waals surface area (Å²) in [6, 6.07) is 9.00. The molecule has 1 aromatic carbocycles. The van der Waals surface area contributed by atoms with Gasteiger partial charge in [0.15, 0.2) is 5.70 Å². The fraction of sp³-hybridized carbons (Fsp3) is 0.647. The molecule has 0 spiro atoms. The van der Waals surface area contributed by atoms with Crippen molar-refractivity contribution in [1.29, 1.82) is 5.41 Å². The standard InChI is InChI=1S/C13H24N2O4.C13H16N2O3.C8H16N2O2/c1-5-18-11(16)10-14-6-8-15(9-7-14)12(17)19-13(2,3)4;1-13(2,3)18-15(17-10-16)12(9-14)11-7-5-4-6-8-11;1-2-12-8(11)7-10-5-3-9-4-6-10/h5-10H2,1-4H3;4-8,10,14H,1-3H3;9H,2-7H2,1H3. The molecule has 2 aliphatic rings. The lowest BCUT2D eigenvalue weighted by Crippen LogP contribution is -2.51. The first-order valence-electron chi connectivity index (χ1n) is 16.5. The van der Waals surface area contributed by atoms with Crippen molar-refractivity contribution in [2.75, 3.05) is 78.7 Å². The molecular formula is C34H56N6O9. The Balaban J connectivity index is 0.000000377. The van der Waals surface area contributed by atoms with E-state index in [2.05, 4.69) is 16.1 Å². The lowest BCUT2D eigenvalue weighted by Gasteiger charge is -2.35. The Morgan fingerprint density at radius 3 is 1.78 bits per heavy atom. The van der Waals surface area contributed by atoms with Crippen molar-refractivity contribution in [3.8, 4) is 0 Å². The van der Waals surface area contributed by atoms with Crippen molar-refractivity contribution in [3.05, 3.63) is 35.9 Å². The number of carbonyl (C=O) groups excluding carboxylic acids is 4. The van der Waals surface area contributed by atoms with Gasteiger partial charge in [-0.25, -0.2) is 9.63 Å². The Morgan fingerprint density at radius 1 is 0.837 bits per heavy atom. The first kappa shape index (κ1) is 43.0. The third-order valence-electron chi connectivity index (χ3n) is 6.39. The van der Waals surface area contributed by atoms with Crippen molar-refractivity contribution in [3.63, 3.8) is 0 Å². The summed E-state index contributed by atoms with van der Waals surface area (Å²) in [6.07, 6.45) is -0.289. The summed E-state index contributed by atoms with van der Waals surface area (Å²) in [7, 11) is 0. The molecule has 0 aromatic heterocycles. The number of hydrogen-bond donors (Lipinski definition) is 2. The Hall–Kier alpha value is -4.01. The van der Waals surface area contributed by atoms with Crippen LogP contribution in [0.4, 0.5) is 4.79 Å². The van der Waals surface area contributed by atoms with Gasteiger partial charge in [-0.1, -0.05) is 35.6 Å². The van der Waals surface area contributed by atoms with Crippen molar-refractivity contribution in [1.82, 2.24) is 25.2 Å². The van der Waals surface area contributed by atoms with Crippen LogP contribution in [-0.2, 0) is 38.3 Å². The molecule has 0 unspecified atom stereocenters. The van der Waals surface area contributed by atoms with Crippen LogP contribution in [0.3, 0.4) is 0 Å². The van der Waals surface area contributed by atoms with Crippen molar-refractivity contribution in [2.24, 2.45) is 0 Å². The van der Waals surface area contributed by atoms with E-state index < -0.39 is 11.2 Å². The predicted molar refractivity (Wildman–Crippen MR) is 184 cm³/mol. The van der Waals surface area contributed by atoms with Crippen LogP contribution in [0.15, 0.2) is 30.3 Å². The molecular weight excluding hydrogens is 636 g/mol. The van der Waals surface area contributed by atoms with Crippen molar-refractivity contribution < 1.29 is 43.1 Å². The number of amides is 1. The summed E-state index contributed by atoms with van der Waals surface area (Å²) in [5.41, 5.74) is -0.157. The summed E-state index contributed by atoms with van der Waals surface area (Å²) >= 11 is 0. The summed E-state index contributed by atoms with van der Waals surface area (Å²) in [4.78, 5) is 60.7. The highest BCUT2D eigenvalue weighted by Crippen LogP contribution is 2.21. The normalized spacial score (nSPS) is 15.1. The largest absolute Gasteiger partial charge is 0.465 e. The molecule has 2 saturated heterocycles. The van der Waals surface area contributed by atoms with Crippen molar-refractivity contribution in [2.45, 2.75) is 66.6 Å². The molecule has 1 aromatic rings. The van der Waals surface area contributed by atoms with Crippen LogP contribution in [-0.4, -0.2) is 140 Å². The number of nitrogens with one attached hydrogen (secondary N) is 2. The minimum Gasteiger partial charge on any atom is -0.465 e. The Kier molecular flexibility index (Phi) is 19.8. The number of hydrogen-bond acceptors (Lipinski definition) is 14. The molecule has 0 saturated carbocycles. The highest BCUT2D eigenvalue weighted by molar-refractivity contribution is 5.86. The van der Waals surface area contributed by atoms with Gasteiger partial charge in [-0.3, -0.25) is 29.6 Å². The second-order valence-electron chi connectivity index (χ2n) is 12.9. The van der Waals surface area contributed by atoms with Crippen LogP contribution in [0.1, 0.15) is 61.0 Å². The minimum atomic E-state index is -0.570. The summed E-state index contributed by atoms with van der Waals surface area (Å²) in [5.74, 6) is 1.88. The smallest absolute Gasteiger partial charge is 0.410 e. The number of hydroxylamine groups is 2. The Labute approximate surface area is 290 Å². The number of rotatable bonds is 11. The quantitative estimate of drug-likeness (QED) is 0.115. The van der Waals surface area contributed by atoms with E-state index in [1.807, 2.05) is 50.8 Å². The van der Waals surface area contributed by atoms with E-state index in [9.17, 15) is 19.2 Å². The topological polar surface area (TPSA) is 163 Å². The second kappa shape index (κ2) is 22.6. The van der Waals surface area contributed by atoms with Gasteiger partial charge < -0.3 is 29.3 Å². The van der Waals surface area contributed by atoms with Crippen molar-refractivity contribution >= 4 is 36.1 Å². The van der Waals surface area contributed by atoms with Crippen LogP contribution in [0.5, 0.6) is 0 Å². The average molecular weight is 693 g/mol. The van der Waals surface area contributed by atoms with E-state index in [1.165, 1.54) is 0 Å². The average Bonchev–Trinajstić information content (AvgIpc) is 3.02. The molecule has 15 heteroatoms. The molecule has 1 amide bonds. The van der Waals surface area contributed by atoms with E-state index in [4.69, 9.17) is 29.3 Å². The zero-order valence-corrected chi connectivity index (χ0v) is 30.4. The molecule has 276 valence electrons. The second-order valence-corrected chi connectivity index (χ2v) is 12.9.